The predicted molar refractivity (Wildman–Crippen MR) is 64.3 cm³/mol. The summed E-state index contributed by atoms with van der Waals surface area (Å²) in [6, 6.07) is 5.62. The van der Waals surface area contributed by atoms with E-state index in [0.29, 0.717) is 0 Å². The van der Waals surface area contributed by atoms with Crippen LogP contribution in [0, 0.1) is 0 Å². The van der Waals surface area contributed by atoms with Gasteiger partial charge >= 0.3 is 0 Å². The lowest BCUT2D eigenvalue weighted by molar-refractivity contribution is 0.415. The number of rotatable bonds is 3. The maximum Gasteiger partial charge on any atom is 0.119 e. The van der Waals surface area contributed by atoms with E-state index in [2.05, 4.69) is 5.10 Å². The molecular weight excluding hydrogens is 202 g/mol. The second kappa shape index (κ2) is 4.26. The molecule has 4 nitrogen and oxygen atoms in total. The summed E-state index contributed by atoms with van der Waals surface area (Å²) in [6.07, 6.45) is 3.79. The average Bonchev–Trinajstić information content (AvgIpc) is 2.78. The van der Waals surface area contributed by atoms with Gasteiger partial charge in [-0.05, 0) is 25.1 Å². The highest BCUT2D eigenvalue weighted by atomic mass is 16.5. The van der Waals surface area contributed by atoms with Crippen LogP contribution in [-0.4, -0.2) is 16.9 Å². The van der Waals surface area contributed by atoms with Crippen molar-refractivity contribution in [3.05, 3.63) is 30.6 Å². The molecule has 1 aromatic carbocycles. The Morgan fingerprint density at radius 1 is 1.44 bits per heavy atom. The van der Waals surface area contributed by atoms with Gasteiger partial charge in [0.25, 0.3) is 0 Å². The van der Waals surface area contributed by atoms with Gasteiger partial charge in [0.2, 0.25) is 0 Å². The molecule has 0 aliphatic heterocycles. The van der Waals surface area contributed by atoms with E-state index in [1.54, 1.807) is 7.11 Å². The zero-order valence-electron chi connectivity index (χ0n) is 9.47. The summed E-state index contributed by atoms with van der Waals surface area (Å²) in [6.45, 7) is 2.90. The van der Waals surface area contributed by atoms with Gasteiger partial charge in [0.15, 0.2) is 0 Å². The maximum absolute atomic E-state index is 5.93. The van der Waals surface area contributed by atoms with Crippen LogP contribution in [0.15, 0.2) is 30.6 Å². The molecule has 1 heterocycles. The molecule has 0 amide bonds. The standard InChI is InChI=1S/C12H15N3O/c1-3-15-8-9(7-14-15)11-6-10(16-2)4-5-12(11)13/h4-8H,3,13H2,1-2H3. The van der Waals surface area contributed by atoms with E-state index in [-0.39, 0.29) is 0 Å². The minimum absolute atomic E-state index is 0.733. The first kappa shape index (κ1) is 10.5. The van der Waals surface area contributed by atoms with Gasteiger partial charge in [0.05, 0.1) is 13.3 Å². The van der Waals surface area contributed by atoms with Gasteiger partial charge in [0, 0.05) is 29.6 Å². The van der Waals surface area contributed by atoms with Crippen LogP contribution in [0.25, 0.3) is 11.1 Å². The predicted octanol–water partition coefficient (Wildman–Crippen LogP) is 2.16. The first-order valence-electron chi connectivity index (χ1n) is 5.21. The van der Waals surface area contributed by atoms with Crippen LogP contribution in [0.1, 0.15) is 6.92 Å². The molecule has 0 saturated heterocycles. The Morgan fingerprint density at radius 2 is 2.25 bits per heavy atom. The highest BCUT2D eigenvalue weighted by Crippen LogP contribution is 2.29. The molecule has 0 radical (unpaired) electrons. The Kier molecular flexibility index (Phi) is 2.81. The van der Waals surface area contributed by atoms with E-state index >= 15 is 0 Å². The fourth-order valence-corrected chi connectivity index (χ4v) is 1.59. The number of nitrogen functional groups attached to an aromatic ring is 1. The van der Waals surface area contributed by atoms with Gasteiger partial charge in [-0.25, -0.2) is 0 Å². The van der Waals surface area contributed by atoms with E-state index < -0.39 is 0 Å². The van der Waals surface area contributed by atoms with Crippen molar-refractivity contribution < 1.29 is 4.74 Å². The first-order chi connectivity index (χ1) is 7.74. The molecule has 2 rings (SSSR count). The monoisotopic (exact) mass is 217 g/mol. The number of benzene rings is 1. The van der Waals surface area contributed by atoms with E-state index in [0.717, 1.165) is 29.1 Å². The molecule has 4 heteroatoms. The van der Waals surface area contributed by atoms with E-state index in [9.17, 15) is 0 Å². The van der Waals surface area contributed by atoms with Crippen LogP contribution < -0.4 is 10.5 Å². The van der Waals surface area contributed by atoms with E-state index in [4.69, 9.17) is 10.5 Å². The van der Waals surface area contributed by atoms with Crippen LogP contribution in [0.3, 0.4) is 0 Å². The summed E-state index contributed by atoms with van der Waals surface area (Å²) in [5.74, 6) is 0.799. The molecule has 0 saturated carbocycles. The highest BCUT2D eigenvalue weighted by Gasteiger charge is 2.06. The van der Waals surface area contributed by atoms with Crippen molar-refractivity contribution in [2.24, 2.45) is 0 Å². The van der Waals surface area contributed by atoms with Gasteiger partial charge in [-0.15, -0.1) is 0 Å². The number of nitrogens with zero attached hydrogens (tertiary/aromatic N) is 2. The van der Waals surface area contributed by atoms with Crippen molar-refractivity contribution in [1.82, 2.24) is 9.78 Å². The van der Waals surface area contributed by atoms with E-state index in [1.165, 1.54) is 0 Å². The van der Waals surface area contributed by atoms with Crippen molar-refractivity contribution in [2.45, 2.75) is 13.5 Å². The molecule has 0 spiro atoms. The number of methoxy groups -OCH3 is 1. The number of aromatic nitrogens is 2. The van der Waals surface area contributed by atoms with Crippen molar-refractivity contribution in [3.8, 4) is 16.9 Å². The molecule has 2 aromatic rings. The molecule has 0 unspecified atom stereocenters. The number of hydrogen-bond donors (Lipinski definition) is 1. The Morgan fingerprint density at radius 3 is 2.88 bits per heavy atom. The fraction of sp³-hybridized carbons (Fsp3) is 0.250. The minimum Gasteiger partial charge on any atom is -0.497 e. The second-order valence-corrected chi connectivity index (χ2v) is 3.54. The van der Waals surface area contributed by atoms with Crippen molar-refractivity contribution in [1.29, 1.82) is 0 Å². The van der Waals surface area contributed by atoms with Crippen LogP contribution in [0.2, 0.25) is 0 Å². The zero-order chi connectivity index (χ0) is 11.5. The molecule has 84 valence electrons. The van der Waals surface area contributed by atoms with Crippen molar-refractivity contribution in [3.63, 3.8) is 0 Å². The lowest BCUT2D eigenvalue weighted by Gasteiger charge is -2.05. The quantitative estimate of drug-likeness (QED) is 0.801. The normalized spacial score (nSPS) is 10.4. The Bertz CT molecular complexity index is 491. The molecule has 1 aromatic heterocycles. The third-order valence-corrected chi connectivity index (χ3v) is 2.53. The van der Waals surface area contributed by atoms with Gasteiger partial charge in [0.1, 0.15) is 5.75 Å². The third-order valence-electron chi connectivity index (χ3n) is 2.53. The Hall–Kier alpha value is -1.97. The van der Waals surface area contributed by atoms with Crippen LogP contribution >= 0.6 is 0 Å². The topological polar surface area (TPSA) is 53.1 Å². The summed E-state index contributed by atoms with van der Waals surface area (Å²) < 4.78 is 7.05. The molecule has 0 aliphatic rings. The molecule has 2 N–H and O–H groups in total. The van der Waals surface area contributed by atoms with Gasteiger partial charge in [-0.2, -0.15) is 5.10 Å². The summed E-state index contributed by atoms with van der Waals surface area (Å²) in [5.41, 5.74) is 8.64. The SMILES string of the molecule is CCn1cc(-c2cc(OC)ccc2N)cn1. The maximum atomic E-state index is 5.93. The lowest BCUT2D eigenvalue weighted by atomic mass is 10.1. The lowest BCUT2D eigenvalue weighted by Crippen LogP contribution is -1.93. The third kappa shape index (κ3) is 1.86. The highest BCUT2D eigenvalue weighted by molar-refractivity contribution is 5.76. The van der Waals surface area contributed by atoms with E-state index in [1.807, 2.05) is 42.2 Å². The summed E-state index contributed by atoms with van der Waals surface area (Å²) in [5, 5.41) is 4.23. The number of aryl methyl sites for hydroxylation is 1. The van der Waals surface area contributed by atoms with Crippen molar-refractivity contribution in [2.75, 3.05) is 12.8 Å². The number of ether oxygens (including phenoxy) is 1. The summed E-state index contributed by atoms with van der Waals surface area (Å²) >= 11 is 0. The zero-order valence-corrected chi connectivity index (χ0v) is 9.47. The fourth-order valence-electron chi connectivity index (χ4n) is 1.59. The summed E-state index contributed by atoms with van der Waals surface area (Å²) in [4.78, 5) is 0. The number of hydrogen-bond acceptors (Lipinski definition) is 3. The molecule has 16 heavy (non-hydrogen) atoms. The first-order valence-corrected chi connectivity index (χ1v) is 5.21. The average molecular weight is 217 g/mol. The largest absolute Gasteiger partial charge is 0.497 e. The second-order valence-electron chi connectivity index (χ2n) is 3.54. The van der Waals surface area contributed by atoms with Crippen LogP contribution in [0.4, 0.5) is 5.69 Å². The van der Waals surface area contributed by atoms with Gasteiger partial charge in [-0.1, -0.05) is 0 Å². The number of nitrogens with two attached hydrogens (primary N) is 1. The summed E-state index contributed by atoms with van der Waals surface area (Å²) in [7, 11) is 1.64. The molecule has 0 atom stereocenters. The Balaban J connectivity index is 2.45. The van der Waals surface area contributed by atoms with Crippen LogP contribution in [0.5, 0.6) is 5.75 Å². The molecule has 0 aliphatic carbocycles. The molecular formula is C12H15N3O. The van der Waals surface area contributed by atoms with Gasteiger partial charge < -0.3 is 10.5 Å². The minimum atomic E-state index is 0.733. The molecule has 0 fully saturated rings. The smallest absolute Gasteiger partial charge is 0.119 e. The molecule has 0 bridgehead atoms. The number of anilines is 1. The Labute approximate surface area is 94.6 Å². The van der Waals surface area contributed by atoms with Crippen molar-refractivity contribution >= 4 is 5.69 Å². The van der Waals surface area contributed by atoms with Crippen LogP contribution in [-0.2, 0) is 6.54 Å². The van der Waals surface area contributed by atoms with Gasteiger partial charge in [-0.3, -0.25) is 4.68 Å².